The Bertz CT molecular complexity index is 682. The van der Waals surface area contributed by atoms with Gasteiger partial charge >= 0.3 is 0 Å². The van der Waals surface area contributed by atoms with Gasteiger partial charge in [-0.25, -0.2) is 13.1 Å². The highest BCUT2D eigenvalue weighted by molar-refractivity contribution is 7.89. The van der Waals surface area contributed by atoms with Crippen molar-refractivity contribution in [3.8, 4) is 5.75 Å². The molecule has 1 aliphatic heterocycles. The second kappa shape index (κ2) is 9.34. The molecule has 2 rings (SSSR count). The van der Waals surface area contributed by atoms with E-state index in [0.29, 0.717) is 44.5 Å². The zero-order chi connectivity index (χ0) is 19.2. The number of benzene rings is 1. The number of hydrogen-bond acceptors (Lipinski definition) is 5. The summed E-state index contributed by atoms with van der Waals surface area (Å²) in [5.41, 5.74) is 0. The Balaban J connectivity index is 1.92. The molecule has 8 heteroatoms. The number of ether oxygens (including phenoxy) is 2. The summed E-state index contributed by atoms with van der Waals surface area (Å²) < 4.78 is 38.0. The number of sulfonamides is 1. The number of carbonyl (C=O) groups is 1. The Morgan fingerprint density at radius 3 is 2.38 bits per heavy atom. The topological polar surface area (TPSA) is 84.9 Å². The lowest BCUT2D eigenvalue weighted by Gasteiger charge is -2.29. The maximum atomic E-state index is 12.3. The third kappa shape index (κ3) is 5.96. The summed E-state index contributed by atoms with van der Waals surface area (Å²) in [5, 5.41) is 0. The molecule has 1 heterocycles. The molecule has 0 aromatic heterocycles. The van der Waals surface area contributed by atoms with Crippen LogP contribution in [-0.2, 0) is 19.6 Å². The second-order valence-corrected chi connectivity index (χ2v) is 8.52. The number of carbonyl (C=O) groups excluding carboxylic acids is 1. The first-order valence-corrected chi connectivity index (χ1v) is 10.4. The SMILES string of the molecule is CC(C)CCNS(=O)(=O)c1ccc(O[C@@H](C)C(=O)N2CCOCC2)cc1. The van der Waals surface area contributed by atoms with Crippen molar-refractivity contribution < 1.29 is 22.7 Å². The van der Waals surface area contributed by atoms with Crippen molar-refractivity contribution in [2.24, 2.45) is 5.92 Å². The zero-order valence-corrected chi connectivity index (χ0v) is 16.4. The van der Waals surface area contributed by atoms with E-state index in [1.165, 1.54) is 12.1 Å². The van der Waals surface area contributed by atoms with Gasteiger partial charge in [-0.3, -0.25) is 4.79 Å². The van der Waals surface area contributed by atoms with Crippen molar-refractivity contribution in [1.29, 1.82) is 0 Å². The Kier molecular flexibility index (Phi) is 7.43. The minimum absolute atomic E-state index is 0.0969. The summed E-state index contributed by atoms with van der Waals surface area (Å²) in [5.74, 6) is 0.791. The van der Waals surface area contributed by atoms with Crippen LogP contribution in [0.5, 0.6) is 5.75 Å². The van der Waals surface area contributed by atoms with Crippen molar-refractivity contribution in [1.82, 2.24) is 9.62 Å². The zero-order valence-electron chi connectivity index (χ0n) is 15.6. The molecule has 1 aromatic rings. The predicted molar refractivity (Wildman–Crippen MR) is 98.6 cm³/mol. The highest BCUT2D eigenvalue weighted by Crippen LogP contribution is 2.18. The number of nitrogens with zero attached hydrogens (tertiary/aromatic N) is 1. The minimum atomic E-state index is -3.53. The molecule has 1 atom stereocenters. The lowest BCUT2D eigenvalue weighted by molar-refractivity contribution is -0.142. The molecule has 26 heavy (non-hydrogen) atoms. The molecule has 1 aliphatic rings. The Morgan fingerprint density at radius 1 is 1.19 bits per heavy atom. The first-order chi connectivity index (χ1) is 12.3. The van der Waals surface area contributed by atoms with Crippen LogP contribution in [0.3, 0.4) is 0 Å². The third-order valence-electron chi connectivity index (χ3n) is 4.13. The minimum Gasteiger partial charge on any atom is -0.481 e. The lowest BCUT2D eigenvalue weighted by Crippen LogP contribution is -2.46. The van der Waals surface area contributed by atoms with Gasteiger partial charge in [0.15, 0.2) is 6.10 Å². The number of hydrogen-bond donors (Lipinski definition) is 1. The Hall–Kier alpha value is -1.64. The van der Waals surface area contributed by atoms with Crippen molar-refractivity contribution in [3.63, 3.8) is 0 Å². The van der Waals surface area contributed by atoms with Crippen LogP contribution >= 0.6 is 0 Å². The van der Waals surface area contributed by atoms with Gasteiger partial charge < -0.3 is 14.4 Å². The average Bonchev–Trinajstić information content (AvgIpc) is 2.61. The van der Waals surface area contributed by atoms with E-state index >= 15 is 0 Å². The van der Waals surface area contributed by atoms with E-state index in [1.54, 1.807) is 24.0 Å². The number of amides is 1. The predicted octanol–water partition coefficient (Wildman–Crippen LogP) is 1.64. The van der Waals surface area contributed by atoms with Crippen LogP contribution in [0.1, 0.15) is 27.2 Å². The van der Waals surface area contributed by atoms with Gasteiger partial charge in [0, 0.05) is 19.6 Å². The molecule has 1 fully saturated rings. The van der Waals surface area contributed by atoms with Crippen LogP contribution < -0.4 is 9.46 Å². The largest absolute Gasteiger partial charge is 0.481 e. The van der Waals surface area contributed by atoms with Crippen LogP contribution in [0.15, 0.2) is 29.2 Å². The van der Waals surface area contributed by atoms with Crippen molar-refractivity contribution >= 4 is 15.9 Å². The molecule has 0 unspecified atom stereocenters. The molecule has 146 valence electrons. The summed E-state index contributed by atoms with van der Waals surface area (Å²) in [7, 11) is -3.53. The van der Waals surface area contributed by atoms with Crippen LogP contribution in [0.2, 0.25) is 0 Å². The maximum Gasteiger partial charge on any atom is 0.263 e. The van der Waals surface area contributed by atoms with Gasteiger partial charge in [-0.2, -0.15) is 0 Å². The van der Waals surface area contributed by atoms with Gasteiger partial charge in [-0.05, 0) is 43.5 Å². The van der Waals surface area contributed by atoms with E-state index in [1.807, 2.05) is 13.8 Å². The fraction of sp³-hybridized carbons (Fsp3) is 0.611. The van der Waals surface area contributed by atoms with Gasteiger partial charge in [-0.15, -0.1) is 0 Å². The summed E-state index contributed by atoms with van der Waals surface area (Å²) in [6.45, 7) is 8.38. The molecule has 1 aromatic carbocycles. The van der Waals surface area contributed by atoms with Crippen molar-refractivity contribution in [3.05, 3.63) is 24.3 Å². The van der Waals surface area contributed by atoms with Crippen molar-refractivity contribution in [2.45, 2.75) is 38.2 Å². The highest BCUT2D eigenvalue weighted by Gasteiger charge is 2.24. The fourth-order valence-corrected chi connectivity index (χ4v) is 3.61. The van der Waals surface area contributed by atoms with Crippen LogP contribution in [-0.4, -0.2) is 58.2 Å². The van der Waals surface area contributed by atoms with Gasteiger partial charge in [0.25, 0.3) is 5.91 Å². The van der Waals surface area contributed by atoms with Gasteiger partial charge in [0.1, 0.15) is 5.75 Å². The summed E-state index contributed by atoms with van der Waals surface area (Å²) in [6.07, 6.45) is 0.140. The quantitative estimate of drug-likeness (QED) is 0.736. The lowest BCUT2D eigenvalue weighted by atomic mass is 10.1. The Morgan fingerprint density at radius 2 is 1.81 bits per heavy atom. The van der Waals surface area contributed by atoms with Crippen molar-refractivity contribution in [2.75, 3.05) is 32.8 Å². The second-order valence-electron chi connectivity index (χ2n) is 6.75. The smallest absolute Gasteiger partial charge is 0.263 e. The molecule has 0 bridgehead atoms. The standard InChI is InChI=1S/C18H28N2O5S/c1-14(2)8-9-19-26(22,23)17-6-4-16(5-7-17)25-15(3)18(21)20-10-12-24-13-11-20/h4-7,14-15,19H,8-13H2,1-3H3/t15-/m0/s1. The molecule has 7 nitrogen and oxygen atoms in total. The van der Waals surface area contributed by atoms with Crippen LogP contribution in [0, 0.1) is 5.92 Å². The first-order valence-electron chi connectivity index (χ1n) is 8.92. The van der Waals surface area contributed by atoms with E-state index in [0.717, 1.165) is 6.42 Å². The number of morpholine rings is 1. The number of rotatable bonds is 8. The summed E-state index contributed by atoms with van der Waals surface area (Å²) in [4.78, 5) is 14.2. The summed E-state index contributed by atoms with van der Waals surface area (Å²) >= 11 is 0. The van der Waals surface area contributed by atoms with Crippen LogP contribution in [0.25, 0.3) is 0 Å². The highest BCUT2D eigenvalue weighted by atomic mass is 32.2. The van der Waals surface area contributed by atoms with E-state index in [-0.39, 0.29) is 10.8 Å². The molecule has 1 saturated heterocycles. The molecular weight excluding hydrogens is 356 g/mol. The third-order valence-corrected chi connectivity index (χ3v) is 5.61. The average molecular weight is 384 g/mol. The van der Waals surface area contributed by atoms with Crippen LogP contribution in [0.4, 0.5) is 0 Å². The van der Waals surface area contributed by atoms with Gasteiger partial charge in [0.05, 0.1) is 18.1 Å². The molecule has 0 saturated carbocycles. The first kappa shape index (κ1) is 20.7. The molecule has 0 aliphatic carbocycles. The number of nitrogens with one attached hydrogen (secondary N) is 1. The van der Waals surface area contributed by atoms with E-state index in [2.05, 4.69) is 4.72 Å². The van der Waals surface area contributed by atoms with E-state index in [4.69, 9.17) is 9.47 Å². The molecular formula is C18H28N2O5S. The molecule has 1 N–H and O–H groups in total. The van der Waals surface area contributed by atoms with Gasteiger partial charge in [-0.1, -0.05) is 13.8 Å². The normalized spacial score (nSPS) is 16.5. The molecule has 0 radical (unpaired) electrons. The maximum absolute atomic E-state index is 12.3. The van der Waals surface area contributed by atoms with Gasteiger partial charge in [0.2, 0.25) is 10.0 Å². The fourth-order valence-electron chi connectivity index (χ4n) is 2.56. The summed E-state index contributed by atoms with van der Waals surface area (Å²) in [6, 6.07) is 6.11. The van der Waals surface area contributed by atoms with E-state index in [9.17, 15) is 13.2 Å². The Labute approximate surface area is 155 Å². The monoisotopic (exact) mass is 384 g/mol. The van der Waals surface area contributed by atoms with E-state index < -0.39 is 16.1 Å². The molecule has 1 amide bonds. The molecule has 0 spiro atoms.